The molecule has 156 valence electrons. The van der Waals surface area contributed by atoms with Gasteiger partial charge in [0, 0.05) is 22.2 Å². The van der Waals surface area contributed by atoms with Crippen LogP contribution in [-0.2, 0) is 0 Å². The van der Waals surface area contributed by atoms with Crippen LogP contribution in [0.4, 0.5) is 21.5 Å². The summed E-state index contributed by atoms with van der Waals surface area (Å²) in [5.74, 6) is -1.19. The van der Waals surface area contributed by atoms with Crippen molar-refractivity contribution >= 4 is 34.6 Å². The minimum Gasteiger partial charge on any atom is -0.360 e. The van der Waals surface area contributed by atoms with E-state index in [0.717, 1.165) is 0 Å². The fourth-order valence-electron chi connectivity index (χ4n) is 2.69. The van der Waals surface area contributed by atoms with Gasteiger partial charge in [-0.3, -0.25) is 14.4 Å². The molecule has 0 spiro atoms. The molecule has 3 rings (SSSR count). The van der Waals surface area contributed by atoms with Crippen LogP contribution in [0.15, 0.2) is 52.2 Å². The maximum Gasteiger partial charge on any atom is 0.253 e. The molecule has 9 heteroatoms. The highest BCUT2D eigenvalue weighted by Gasteiger charge is 2.31. The molecule has 0 bridgehead atoms. The van der Waals surface area contributed by atoms with E-state index in [4.69, 9.17) is 11.6 Å². The summed E-state index contributed by atoms with van der Waals surface area (Å²) in [7, 11) is 0. The van der Waals surface area contributed by atoms with Gasteiger partial charge in [-0.2, -0.15) is 4.39 Å². The van der Waals surface area contributed by atoms with Gasteiger partial charge in [-0.25, -0.2) is 4.98 Å². The predicted octanol–water partition coefficient (Wildman–Crippen LogP) is 3.43. The van der Waals surface area contributed by atoms with Crippen LogP contribution in [0.5, 0.6) is 0 Å². The molecule has 7 nitrogen and oxygen atoms in total. The Balaban J connectivity index is 1.84. The molecule has 2 aromatic carbocycles. The van der Waals surface area contributed by atoms with Crippen molar-refractivity contribution in [2.45, 2.75) is 26.9 Å². The zero-order valence-electron chi connectivity index (χ0n) is 16.5. The van der Waals surface area contributed by atoms with Gasteiger partial charge in [0.2, 0.25) is 5.95 Å². The van der Waals surface area contributed by atoms with Crippen molar-refractivity contribution in [2.24, 2.45) is 5.41 Å². The number of hydrogen-bond acceptors (Lipinski definition) is 6. The highest BCUT2D eigenvalue weighted by Crippen LogP contribution is 2.26. The average molecular weight is 431 g/mol. The number of carbonyl (C=O) groups is 1. The summed E-state index contributed by atoms with van der Waals surface area (Å²) < 4.78 is 13.8. The normalized spacial score (nSPS) is 12.4. The largest absolute Gasteiger partial charge is 0.360 e. The predicted molar refractivity (Wildman–Crippen MR) is 115 cm³/mol. The molecule has 1 heterocycles. The van der Waals surface area contributed by atoms with E-state index >= 15 is 0 Å². The summed E-state index contributed by atoms with van der Waals surface area (Å²) in [4.78, 5) is 40.3. The maximum atomic E-state index is 13.8. The topological polar surface area (TPSA) is 100 Å². The summed E-state index contributed by atoms with van der Waals surface area (Å²) >= 11 is 5.86. The van der Waals surface area contributed by atoms with Gasteiger partial charge in [-0.15, -0.1) is 0 Å². The second-order valence-electron chi connectivity index (χ2n) is 7.80. The third-order valence-corrected chi connectivity index (χ3v) is 4.72. The standard InChI is InChI=1S/C21H20ClFN4O3/c1-21(2,3)20(27-19(30)11-6-8-12(22)9-7-11)26-15-14(16(28)17(15)29)25-13-5-4-10-24-18(13)23/h4-10,20,25-26H,1-3H3,(H,27,30). The zero-order chi connectivity index (χ0) is 22.1. The Bertz CT molecular complexity index is 1150. The maximum absolute atomic E-state index is 13.8. The van der Waals surface area contributed by atoms with E-state index in [2.05, 4.69) is 20.9 Å². The van der Waals surface area contributed by atoms with Gasteiger partial charge < -0.3 is 16.0 Å². The molecule has 0 aliphatic rings. The van der Waals surface area contributed by atoms with E-state index < -0.39 is 28.4 Å². The minimum atomic E-state index is -0.806. The lowest BCUT2D eigenvalue weighted by Crippen LogP contribution is -2.51. The molecule has 0 fully saturated rings. The summed E-state index contributed by atoms with van der Waals surface area (Å²) in [6.07, 6.45) is 0.562. The fourth-order valence-corrected chi connectivity index (χ4v) is 2.82. The summed E-state index contributed by atoms with van der Waals surface area (Å²) in [6, 6.07) is 9.23. The Morgan fingerprint density at radius 2 is 1.70 bits per heavy atom. The monoisotopic (exact) mass is 430 g/mol. The number of rotatable bonds is 6. The van der Waals surface area contributed by atoms with Gasteiger partial charge in [0.25, 0.3) is 16.8 Å². The molecule has 0 aliphatic heterocycles. The van der Waals surface area contributed by atoms with Crippen LogP contribution in [0.3, 0.4) is 0 Å². The highest BCUT2D eigenvalue weighted by atomic mass is 35.5. The highest BCUT2D eigenvalue weighted by molar-refractivity contribution is 6.30. The van der Waals surface area contributed by atoms with Crippen molar-refractivity contribution in [1.82, 2.24) is 10.3 Å². The Morgan fingerprint density at radius 1 is 1.07 bits per heavy atom. The van der Waals surface area contributed by atoms with Crippen molar-refractivity contribution in [3.63, 3.8) is 0 Å². The lowest BCUT2D eigenvalue weighted by Gasteiger charge is -2.33. The van der Waals surface area contributed by atoms with Crippen molar-refractivity contribution in [1.29, 1.82) is 0 Å². The Labute approximate surface area is 177 Å². The molecule has 1 unspecified atom stereocenters. The Hall–Kier alpha value is -3.26. The number of pyridine rings is 1. The number of halogens is 2. The smallest absolute Gasteiger partial charge is 0.253 e. The van der Waals surface area contributed by atoms with E-state index in [1.807, 2.05) is 20.8 Å². The SMILES string of the molecule is CC(C)(C)C(NC(=O)c1ccc(Cl)cc1)Nc1c(Nc2cccnc2F)c(=O)c1=O. The van der Waals surface area contributed by atoms with E-state index in [-0.39, 0.29) is 23.0 Å². The molecule has 3 N–H and O–H groups in total. The molecule has 1 atom stereocenters. The molecule has 30 heavy (non-hydrogen) atoms. The van der Waals surface area contributed by atoms with Crippen LogP contribution in [0.2, 0.25) is 5.02 Å². The van der Waals surface area contributed by atoms with Gasteiger partial charge in [-0.05, 0) is 36.4 Å². The molecule has 0 radical (unpaired) electrons. The zero-order valence-corrected chi connectivity index (χ0v) is 17.3. The van der Waals surface area contributed by atoms with Crippen LogP contribution in [0.1, 0.15) is 31.1 Å². The molecule has 0 saturated heterocycles. The van der Waals surface area contributed by atoms with Gasteiger partial charge in [0.1, 0.15) is 17.5 Å². The Kier molecular flexibility index (Phi) is 5.89. The number of anilines is 3. The number of hydrogen-bond donors (Lipinski definition) is 3. The third kappa shape index (κ3) is 4.49. The van der Waals surface area contributed by atoms with Crippen molar-refractivity contribution in [3.05, 3.63) is 79.6 Å². The quantitative estimate of drug-likeness (QED) is 0.315. The number of aromatic nitrogens is 1. The molecule has 0 aliphatic carbocycles. The van der Waals surface area contributed by atoms with Crippen molar-refractivity contribution in [2.75, 3.05) is 10.6 Å². The summed E-state index contributed by atoms with van der Waals surface area (Å²) in [6.45, 7) is 5.56. The summed E-state index contributed by atoms with van der Waals surface area (Å²) in [5, 5.41) is 8.85. The van der Waals surface area contributed by atoms with Crippen LogP contribution in [-0.4, -0.2) is 17.1 Å². The molecule has 1 aromatic heterocycles. The van der Waals surface area contributed by atoms with Crippen molar-refractivity contribution in [3.8, 4) is 0 Å². The molecule has 0 saturated carbocycles. The number of nitrogens with one attached hydrogen (secondary N) is 3. The lowest BCUT2D eigenvalue weighted by molar-refractivity contribution is 0.0913. The van der Waals surface area contributed by atoms with Crippen LogP contribution in [0, 0.1) is 11.4 Å². The first kappa shape index (κ1) is 21.4. The molecular formula is C21H20ClFN4O3. The van der Waals surface area contributed by atoms with E-state index in [1.165, 1.54) is 18.3 Å². The van der Waals surface area contributed by atoms with Gasteiger partial charge >= 0.3 is 0 Å². The first-order valence-corrected chi connectivity index (χ1v) is 9.49. The van der Waals surface area contributed by atoms with Gasteiger partial charge in [0.15, 0.2) is 0 Å². The third-order valence-electron chi connectivity index (χ3n) is 4.47. The number of carbonyl (C=O) groups excluding carboxylic acids is 1. The molecule has 1 amide bonds. The van der Waals surface area contributed by atoms with E-state index in [1.54, 1.807) is 24.3 Å². The average Bonchev–Trinajstić information content (AvgIpc) is 2.70. The number of benzene rings is 1. The number of nitrogens with zero attached hydrogens (tertiary/aromatic N) is 1. The Morgan fingerprint density at radius 3 is 2.30 bits per heavy atom. The molecule has 3 aromatic rings. The van der Waals surface area contributed by atoms with Crippen LogP contribution < -0.4 is 26.8 Å². The van der Waals surface area contributed by atoms with Gasteiger partial charge in [0.05, 0.1) is 5.69 Å². The van der Waals surface area contributed by atoms with Crippen LogP contribution >= 0.6 is 11.6 Å². The summed E-state index contributed by atoms with van der Waals surface area (Å²) in [5.41, 5.74) is -1.82. The fraction of sp³-hybridized carbons (Fsp3) is 0.238. The van der Waals surface area contributed by atoms with Crippen LogP contribution in [0.25, 0.3) is 0 Å². The van der Waals surface area contributed by atoms with Gasteiger partial charge in [-0.1, -0.05) is 32.4 Å². The van der Waals surface area contributed by atoms with E-state index in [9.17, 15) is 18.8 Å². The first-order chi connectivity index (χ1) is 14.1. The minimum absolute atomic E-state index is 0.0282. The first-order valence-electron chi connectivity index (χ1n) is 9.11. The molecular weight excluding hydrogens is 411 g/mol. The van der Waals surface area contributed by atoms with E-state index in [0.29, 0.717) is 10.6 Å². The second-order valence-corrected chi connectivity index (χ2v) is 8.24. The second kappa shape index (κ2) is 8.23. The van der Waals surface area contributed by atoms with Crippen molar-refractivity contribution < 1.29 is 9.18 Å². The number of amides is 1. The lowest BCUT2D eigenvalue weighted by atomic mass is 9.91.